The van der Waals surface area contributed by atoms with E-state index in [9.17, 15) is 4.79 Å². The first-order valence-electron chi connectivity index (χ1n) is 7.50. The molecule has 3 N–H and O–H groups in total. The number of nitrogens with one attached hydrogen (secondary N) is 1. The molecule has 5 nitrogen and oxygen atoms in total. The smallest absolute Gasteiger partial charge is 0.224 e. The van der Waals surface area contributed by atoms with Crippen LogP contribution in [0, 0.1) is 0 Å². The molecule has 0 aliphatic heterocycles. The molecular formula is C16H26N2O3. The Morgan fingerprint density at radius 3 is 2.67 bits per heavy atom. The van der Waals surface area contributed by atoms with Crippen molar-refractivity contribution >= 4 is 11.6 Å². The molecule has 1 aromatic rings. The van der Waals surface area contributed by atoms with E-state index >= 15 is 0 Å². The maximum absolute atomic E-state index is 11.8. The minimum Gasteiger partial charge on any atom is -0.379 e. The van der Waals surface area contributed by atoms with Crippen LogP contribution in [0.25, 0.3) is 0 Å². The van der Waals surface area contributed by atoms with Crippen LogP contribution < -0.4 is 11.1 Å². The highest BCUT2D eigenvalue weighted by Gasteiger charge is 2.02. The fourth-order valence-electron chi connectivity index (χ4n) is 1.80. The standard InChI is InChI=1S/C16H26N2O3/c1-2-8-20-10-11-21-9-4-7-16(19)18-15-6-3-5-14(12-15)13-17/h3,5-6,12H,2,4,7-11,13,17H2,1H3,(H,18,19). The SMILES string of the molecule is CCCOCCOCCCC(=O)Nc1cccc(CN)c1. The van der Waals surface area contributed by atoms with Crippen molar-refractivity contribution in [3.63, 3.8) is 0 Å². The van der Waals surface area contributed by atoms with Crippen molar-refractivity contribution in [3.05, 3.63) is 29.8 Å². The number of hydrogen-bond acceptors (Lipinski definition) is 4. The average Bonchev–Trinajstić information content (AvgIpc) is 2.50. The summed E-state index contributed by atoms with van der Waals surface area (Å²) in [5, 5.41) is 2.86. The number of hydrogen-bond donors (Lipinski definition) is 2. The van der Waals surface area contributed by atoms with Gasteiger partial charge in [0.05, 0.1) is 13.2 Å². The Bertz CT molecular complexity index is 410. The zero-order chi connectivity index (χ0) is 15.3. The van der Waals surface area contributed by atoms with Crippen molar-refractivity contribution in [2.45, 2.75) is 32.7 Å². The minimum atomic E-state index is -0.00463. The monoisotopic (exact) mass is 294 g/mol. The van der Waals surface area contributed by atoms with E-state index in [1.54, 1.807) is 0 Å². The zero-order valence-electron chi connectivity index (χ0n) is 12.8. The number of carbonyl (C=O) groups is 1. The van der Waals surface area contributed by atoms with Crippen molar-refractivity contribution in [3.8, 4) is 0 Å². The molecule has 0 saturated heterocycles. The fourth-order valence-corrected chi connectivity index (χ4v) is 1.80. The summed E-state index contributed by atoms with van der Waals surface area (Å²) in [7, 11) is 0. The molecule has 21 heavy (non-hydrogen) atoms. The third-order valence-electron chi connectivity index (χ3n) is 2.86. The molecule has 1 aromatic carbocycles. The van der Waals surface area contributed by atoms with Crippen LogP contribution >= 0.6 is 0 Å². The van der Waals surface area contributed by atoms with Gasteiger partial charge in [-0.15, -0.1) is 0 Å². The second kappa shape index (κ2) is 11.3. The molecule has 0 aliphatic rings. The Kier molecular flexibility index (Phi) is 9.44. The van der Waals surface area contributed by atoms with Crippen molar-refractivity contribution in [1.82, 2.24) is 0 Å². The molecular weight excluding hydrogens is 268 g/mol. The summed E-state index contributed by atoms with van der Waals surface area (Å²) in [4.78, 5) is 11.8. The van der Waals surface area contributed by atoms with E-state index in [0.29, 0.717) is 39.2 Å². The molecule has 0 bridgehead atoms. The normalized spacial score (nSPS) is 10.6. The van der Waals surface area contributed by atoms with E-state index in [2.05, 4.69) is 12.2 Å². The first-order chi connectivity index (χ1) is 10.3. The second-order valence-electron chi connectivity index (χ2n) is 4.78. The lowest BCUT2D eigenvalue weighted by molar-refractivity contribution is -0.116. The van der Waals surface area contributed by atoms with E-state index in [4.69, 9.17) is 15.2 Å². The lowest BCUT2D eigenvalue weighted by Gasteiger charge is -2.07. The van der Waals surface area contributed by atoms with Crippen LogP contribution in [-0.2, 0) is 20.8 Å². The number of amides is 1. The number of carbonyl (C=O) groups excluding carboxylic acids is 1. The number of ether oxygens (including phenoxy) is 2. The van der Waals surface area contributed by atoms with Gasteiger partial charge in [-0.1, -0.05) is 19.1 Å². The predicted molar refractivity (Wildman–Crippen MR) is 84.1 cm³/mol. The second-order valence-corrected chi connectivity index (χ2v) is 4.78. The number of anilines is 1. The highest BCUT2D eigenvalue weighted by Crippen LogP contribution is 2.10. The molecule has 0 saturated carbocycles. The average molecular weight is 294 g/mol. The van der Waals surface area contributed by atoms with Gasteiger partial charge in [0.15, 0.2) is 0 Å². The van der Waals surface area contributed by atoms with Gasteiger partial charge in [0.25, 0.3) is 0 Å². The summed E-state index contributed by atoms with van der Waals surface area (Å²) in [6, 6.07) is 7.57. The van der Waals surface area contributed by atoms with Gasteiger partial charge in [0.2, 0.25) is 5.91 Å². The minimum absolute atomic E-state index is 0.00463. The molecule has 0 atom stereocenters. The van der Waals surface area contributed by atoms with Crippen LogP contribution in [0.5, 0.6) is 0 Å². The third kappa shape index (κ3) is 8.45. The van der Waals surface area contributed by atoms with Crippen molar-refractivity contribution in [1.29, 1.82) is 0 Å². The molecule has 0 aromatic heterocycles. The van der Waals surface area contributed by atoms with Crippen molar-refractivity contribution in [2.75, 3.05) is 31.7 Å². The summed E-state index contributed by atoms with van der Waals surface area (Å²) in [6.45, 7) is 5.09. The largest absolute Gasteiger partial charge is 0.379 e. The lowest BCUT2D eigenvalue weighted by Crippen LogP contribution is -2.13. The molecule has 1 rings (SSSR count). The Balaban J connectivity index is 2.08. The molecule has 0 spiro atoms. The Morgan fingerprint density at radius 1 is 1.19 bits per heavy atom. The number of benzene rings is 1. The molecule has 5 heteroatoms. The Hall–Kier alpha value is -1.43. The Morgan fingerprint density at radius 2 is 1.95 bits per heavy atom. The molecule has 0 radical (unpaired) electrons. The highest BCUT2D eigenvalue weighted by atomic mass is 16.5. The lowest BCUT2D eigenvalue weighted by atomic mass is 10.2. The summed E-state index contributed by atoms with van der Waals surface area (Å²) >= 11 is 0. The summed E-state index contributed by atoms with van der Waals surface area (Å²) in [5.74, 6) is -0.00463. The number of nitrogens with two attached hydrogens (primary N) is 1. The summed E-state index contributed by atoms with van der Waals surface area (Å²) < 4.78 is 10.7. The van der Waals surface area contributed by atoms with Gasteiger partial charge in [-0.25, -0.2) is 0 Å². The Labute approximate surface area is 126 Å². The molecule has 0 heterocycles. The van der Waals surface area contributed by atoms with Crippen LogP contribution in [0.15, 0.2) is 24.3 Å². The van der Waals surface area contributed by atoms with Gasteiger partial charge in [0, 0.05) is 31.9 Å². The highest BCUT2D eigenvalue weighted by molar-refractivity contribution is 5.90. The van der Waals surface area contributed by atoms with Gasteiger partial charge >= 0.3 is 0 Å². The topological polar surface area (TPSA) is 73.6 Å². The van der Waals surface area contributed by atoms with E-state index < -0.39 is 0 Å². The fraction of sp³-hybridized carbons (Fsp3) is 0.562. The van der Waals surface area contributed by atoms with E-state index in [1.807, 2.05) is 24.3 Å². The van der Waals surface area contributed by atoms with Gasteiger partial charge in [-0.2, -0.15) is 0 Å². The van der Waals surface area contributed by atoms with Crippen LogP contribution in [-0.4, -0.2) is 32.3 Å². The predicted octanol–water partition coefficient (Wildman–Crippen LogP) is 2.31. The quantitative estimate of drug-likeness (QED) is 0.614. The van der Waals surface area contributed by atoms with E-state index in [1.165, 1.54) is 0 Å². The molecule has 0 unspecified atom stereocenters. The first-order valence-corrected chi connectivity index (χ1v) is 7.50. The van der Waals surface area contributed by atoms with Crippen molar-refractivity contribution < 1.29 is 14.3 Å². The number of rotatable bonds is 11. The van der Waals surface area contributed by atoms with Gasteiger partial charge in [-0.3, -0.25) is 4.79 Å². The molecule has 0 fully saturated rings. The third-order valence-corrected chi connectivity index (χ3v) is 2.86. The van der Waals surface area contributed by atoms with Gasteiger partial charge < -0.3 is 20.5 Å². The summed E-state index contributed by atoms with van der Waals surface area (Å²) in [5.41, 5.74) is 7.36. The van der Waals surface area contributed by atoms with E-state index in [-0.39, 0.29) is 5.91 Å². The van der Waals surface area contributed by atoms with Crippen LogP contribution in [0.1, 0.15) is 31.7 Å². The van der Waals surface area contributed by atoms with Crippen molar-refractivity contribution in [2.24, 2.45) is 5.73 Å². The van der Waals surface area contributed by atoms with E-state index in [0.717, 1.165) is 24.3 Å². The van der Waals surface area contributed by atoms with Crippen LogP contribution in [0.4, 0.5) is 5.69 Å². The molecule has 1 amide bonds. The molecule has 118 valence electrons. The zero-order valence-corrected chi connectivity index (χ0v) is 12.8. The first kappa shape index (κ1) is 17.6. The van der Waals surface area contributed by atoms with Crippen LogP contribution in [0.2, 0.25) is 0 Å². The van der Waals surface area contributed by atoms with Gasteiger partial charge in [-0.05, 0) is 30.5 Å². The van der Waals surface area contributed by atoms with Crippen LogP contribution in [0.3, 0.4) is 0 Å². The maximum atomic E-state index is 11.8. The maximum Gasteiger partial charge on any atom is 0.224 e. The molecule has 0 aliphatic carbocycles. The summed E-state index contributed by atoms with van der Waals surface area (Å²) in [6.07, 6.45) is 2.17. The van der Waals surface area contributed by atoms with Gasteiger partial charge in [0.1, 0.15) is 0 Å².